The summed E-state index contributed by atoms with van der Waals surface area (Å²) < 4.78 is 7.29. The summed E-state index contributed by atoms with van der Waals surface area (Å²) in [5.41, 5.74) is 2.95. The summed E-state index contributed by atoms with van der Waals surface area (Å²) in [6, 6.07) is 17.3. The lowest BCUT2D eigenvalue weighted by Gasteiger charge is -2.22. The number of carbonyl (C=O) groups is 1. The van der Waals surface area contributed by atoms with Gasteiger partial charge in [-0.15, -0.1) is 0 Å². The van der Waals surface area contributed by atoms with Crippen LogP contribution in [0.25, 0.3) is 23.0 Å². The molecule has 1 heterocycles. The number of benzene rings is 2. The Morgan fingerprint density at radius 3 is 2.68 bits per heavy atom. The number of ether oxygens (including phenoxy) is 1. The summed E-state index contributed by atoms with van der Waals surface area (Å²) in [5, 5.41) is 18.0. The highest BCUT2D eigenvalue weighted by molar-refractivity contribution is 6.32. The summed E-state index contributed by atoms with van der Waals surface area (Å²) in [6.07, 6.45) is 8.72. The Kier molecular flexibility index (Phi) is 7.66. The molecule has 0 saturated heterocycles. The molecular weight excluding hydrogens is 448 g/mol. The summed E-state index contributed by atoms with van der Waals surface area (Å²) in [6.45, 7) is 2.41. The quantitative estimate of drug-likeness (QED) is 0.339. The minimum atomic E-state index is -0.350. The van der Waals surface area contributed by atoms with Gasteiger partial charge in [-0.2, -0.15) is 10.4 Å². The molecule has 0 aliphatic heterocycles. The Morgan fingerprint density at radius 2 is 2.00 bits per heavy atom. The molecule has 0 bridgehead atoms. The van der Waals surface area contributed by atoms with E-state index in [1.165, 1.54) is 6.42 Å². The van der Waals surface area contributed by atoms with Gasteiger partial charge in [-0.05, 0) is 56.2 Å². The van der Waals surface area contributed by atoms with Gasteiger partial charge in [0.15, 0.2) is 0 Å². The molecule has 0 atom stereocenters. The number of para-hydroxylation sites is 1. The van der Waals surface area contributed by atoms with Crippen LogP contribution in [0.15, 0.2) is 60.3 Å². The van der Waals surface area contributed by atoms with E-state index >= 15 is 0 Å². The van der Waals surface area contributed by atoms with Crippen LogP contribution in [-0.4, -0.2) is 28.3 Å². The van der Waals surface area contributed by atoms with E-state index in [4.69, 9.17) is 21.4 Å². The first-order chi connectivity index (χ1) is 16.6. The smallest absolute Gasteiger partial charge is 0.262 e. The average Bonchev–Trinajstić information content (AvgIpc) is 3.29. The second kappa shape index (κ2) is 11.0. The third-order valence-corrected chi connectivity index (χ3v) is 6.17. The van der Waals surface area contributed by atoms with Crippen molar-refractivity contribution in [2.75, 3.05) is 6.61 Å². The van der Waals surface area contributed by atoms with E-state index in [1.54, 1.807) is 22.9 Å². The van der Waals surface area contributed by atoms with E-state index in [9.17, 15) is 10.1 Å². The molecule has 1 aliphatic rings. The van der Waals surface area contributed by atoms with Crippen LogP contribution in [0, 0.1) is 11.3 Å². The fraction of sp³-hybridized carbons (Fsp3) is 0.296. The first kappa shape index (κ1) is 23.6. The molecule has 1 saturated carbocycles. The van der Waals surface area contributed by atoms with Crippen LogP contribution >= 0.6 is 11.6 Å². The Labute approximate surface area is 204 Å². The summed E-state index contributed by atoms with van der Waals surface area (Å²) in [7, 11) is 0. The molecule has 1 fully saturated rings. The van der Waals surface area contributed by atoms with Crippen molar-refractivity contribution in [2.24, 2.45) is 0 Å². The van der Waals surface area contributed by atoms with Crippen molar-refractivity contribution in [1.29, 1.82) is 5.26 Å². The van der Waals surface area contributed by atoms with E-state index < -0.39 is 0 Å². The molecular formula is C27H27ClN4O2. The fourth-order valence-electron chi connectivity index (χ4n) is 4.17. The zero-order chi connectivity index (χ0) is 23.9. The largest absolute Gasteiger partial charge is 0.492 e. The summed E-state index contributed by atoms with van der Waals surface area (Å²) in [4.78, 5) is 12.9. The van der Waals surface area contributed by atoms with Crippen molar-refractivity contribution in [2.45, 2.75) is 45.1 Å². The van der Waals surface area contributed by atoms with Crippen molar-refractivity contribution in [3.63, 3.8) is 0 Å². The van der Waals surface area contributed by atoms with Crippen molar-refractivity contribution in [3.8, 4) is 28.8 Å². The molecule has 174 valence electrons. The van der Waals surface area contributed by atoms with Crippen LogP contribution in [0.5, 0.6) is 5.75 Å². The molecule has 1 aliphatic carbocycles. The number of halogens is 1. The van der Waals surface area contributed by atoms with Crippen molar-refractivity contribution in [3.05, 3.63) is 70.9 Å². The second-order valence-electron chi connectivity index (χ2n) is 8.27. The van der Waals surface area contributed by atoms with Crippen LogP contribution < -0.4 is 10.1 Å². The average molecular weight is 475 g/mol. The summed E-state index contributed by atoms with van der Waals surface area (Å²) in [5.74, 6) is 0.245. The van der Waals surface area contributed by atoms with Gasteiger partial charge >= 0.3 is 0 Å². The third kappa shape index (κ3) is 5.49. The predicted molar refractivity (Wildman–Crippen MR) is 134 cm³/mol. The number of carbonyl (C=O) groups excluding carboxylic acids is 1. The maximum Gasteiger partial charge on any atom is 0.262 e. The minimum absolute atomic E-state index is 0.0523. The topological polar surface area (TPSA) is 79.9 Å². The van der Waals surface area contributed by atoms with Gasteiger partial charge in [0.2, 0.25) is 0 Å². The lowest BCUT2D eigenvalue weighted by Crippen LogP contribution is -2.36. The highest BCUT2D eigenvalue weighted by atomic mass is 35.5. The van der Waals surface area contributed by atoms with Crippen molar-refractivity contribution < 1.29 is 9.53 Å². The van der Waals surface area contributed by atoms with Crippen LogP contribution in [0.4, 0.5) is 0 Å². The van der Waals surface area contributed by atoms with Crippen LogP contribution in [0.3, 0.4) is 0 Å². The lowest BCUT2D eigenvalue weighted by atomic mass is 9.95. The number of amides is 1. The molecule has 6 nitrogen and oxygen atoms in total. The normalized spacial score (nSPS) is 14.4. The van der Waals surface area contributed by atoms with Crippen molar-refractivity contribution in [1.82, 2.24) is 15.1 Å². The number of aromatic nitrogens is 2. The number of hydrogen-bond donors (Lipinski definition) is 1. The van der Waals surface area contributed by atoms with E-state index in [-0.39, 0.29) is 17.5 Å². The van der Waals surface area contributed by atoms with Gasteiger partial charge in [0, 0.05) is 23.4 Å². The van der Waals surface area contributed by atoms with Gasteiger partial charge in [-0.3, -0.25) is 4.79 Å². The first-order valence-corrected chi connectivity index (χ1v) is 12.0. The number of rotatable bonds is 7. The van der Waals surface area contributed by atoms with Crippen LogP contribution in [0.2, 0.25) is 5.02 Å². The molecule has 34 heavy (non-hydrogen) atoms. The number of nitrogens with zero attached hydrogens (tertiary/aromatic N) is 3. The molecule has 0 unspecified atom stereocenters. The Morgan fingerprint density at radius 1 is 1.24 bits per heavy atom. The molecule has 1 amide bonds. The first-order valence-electron chi connectivity index (χ1n) is 11.6. The number of nitriles is 1. The van der Waals surface area contributed by atoms with E-state index in [1.807, 2.05) is 49.5 Å². The Hall–Kier alpha value is -3.56. The SMILES string of the molecule is CCOc1ccc(-c2nn(-c3ccccc3)cc2/C=C(/C#N)C(=O)NC2CCCCC2)cc1Cl. The number of nitrogens with one attached hydrogen (secondary N) is 1. The van der Waals surface area contributed by atoms with Gasteiger partial charge in [-0.25, -0.2) is 4.68 Å². The van der Waals surface area contributed by atoms with Crippen LogP contribution in [0.1, 0.15) is 44.6 Å². The molecule has 1 N–H and O–H groups in total. The standard InChI is InChI=1S/C27H27ClN4O2/c1-2-34-25-14-13-19(16-24(25)28)26-21(18-32(31-26)23-11-7-4-8-12-23)15-20(17-29)27(33)30-22-9-5-3-6-10-22/h4,7-8,11-16,18,22H,2-3,5-6,9-10H2,1H3,(H,30,33)/b20-15-. The van der Waals surface area contributed by atoms with E-state index in [2.05, 4.69) is 11.4 Å². The summed E-state index contributed by atoms with van der Waals surface area (Å²) >= 11 is 6.43. The zero-order valence-electron chi connectivity index (χ0n) is 19.1. The maximum absolute atomic E-state index is 12.9. The highest BCUT2D eigenvalue weighted by Gasteiger charge is 2.20. The molecule has 1 aromatic heterocycles. The Bertz CT molecular complexity index is 1220. The predicted octanol–water partition coefficient (Wildman–Crippen LogP) is 5.95. The Balaban J connectivity index is 1.72. The lowest BCUT2D eigenvalue weighted by molar-refractivity contribution is -0.117. The monoisotopic (exact) mass is 474 g/mol. The van der Waals surface area contributed by atoms with Crippen LogP contribution in [-0.2, 0) is 4.79 Å². The molecule has 0 spiro atoms. The molecule has 4 rings (SSSR count). The van der Waals surface area contributed by atoms with Gasteiger partial charge in [0.25, 0.3) is 5.91 Å². The minimum Gasteiger partial charge on any atom is -0.492 e. The van der Waals surface area contributed by atoms with Gasteiger partial charge in [0.05, 0.1) is 17.3 Å². The van der Waals surface area contributed by atoms with Gasteiger partial charge in [0.1, 0.15) is 23.1 Å². The zero-order valence-corrected chi connectivity index (χ0v) is 19.9. The highest BCUT2D eigenvalue weighted by Crippen LogP contribution is 2.32. The fourth-order valence-corrected chi connectivity index (χ4v) is 4.40. The molecule has 2 aromatic carbocycles. The second-order valence-corrected chi connectivity index (χ2v) is 8.68. The van der Waals surface area contributed by atoms with E-state index in [0.717, 1.165) is 36.9 Å². The molecule has 3 aromatic rings. The molecule has 7 heteroatoms. The van der Waals surface area contributed by atoms with Gasteiger partial charge < -0.3 is 10.1 Å². The third-order valence-electron chi connectivity index (χ3n) is 5.87. The molecule has 0 radical (unpaired) electrons. The van der Waals surface area contributed by atoms with Gasteiger partial charge in [-0.1, -0.05) is 49.1 Å². The van der Waals surface area contributed by atoms with Crippen molar-refractivity contribution >= 4 is 23.6 Å². The maximum atomic E-state index is 12.9. The van der Waals surface area contributed by atoms with E-state index in [0.29, 0.717) is 28.6 Å². The number of hydrogen-bond acceptors (Lipinski definition) is 4.